The molecule has 1 saturated carbocycles. The van der Waals surface area contributed by atoms with Gasteiger partial charge < -0.3 is 10.2 Å². The van der Waals surface area contributed by atoms with Gasteiger partial charge in [-0.2, -0.15) is 0 Å². The largest absolute Gasteiger partial charge is 0.311 e. The van der Waals surface area contributed by atoms with E-state index >= 15 is 0 Å². The van der Waals surface area contributed by atoms with Crippen LogP contribution in [0.1, 0.15) is 71.6 Å². The van der Waals surface area contributed by atoms with E-state index in [4.69, 9.17) is 0 Å². The summed E-state index contributed by atoms with van der Waals surface area (Å²) < 4.78 is 0. The molecule has 0 aromatic carbocycles. The van der Waals surface area contributed by atoms with E-state index in [1.54, 1.807) is 0 Å². The first kappa shape index (κ1) is 15.3. The Morgan fingerprint density at radius 3 is 2.32 bits per heavy atom. The van der Waals surface area contributed by atoms with Gasteiger partial charge in [-0.05, 0) is 64.1 Å². The second kappa shape index (κ2) is 8.26. The van der Waals surface area contributed by atoms with E-state index in [-0.39, 0.29) is 0 Å². The molecule has 112 valence electrons. The van der Waals surface area contributed by atoms with Crippen molar-refractivity contribution in [2.24, 2.45) is 5.92 Å². The summed E-state index contributed by atoms with van der Waals surface area (Å²) in [6.45, 7) is 8.59. The topological polar surface area (TPSA) is 15.3 Å². The highest BCUT2D eigenvalue weighted by Gasteiger charge is 2.23. The molecule has 2 atom stereocenters. The number of nitrogens with one attached hydrogen (secondary N) is 1. The Hall–Kier alpha value is -0.0800. The van der Waals surface area contributed by atoms with Gasteiger partial charge in [0.15, 0.2) is 0 Å². The van der Waals surface area contributed by atoms with Crippen molar-refractivity contribution in [1.82, 2.24) is 10.2 Å². The first-order valence-electron chi connectivity index (χ1n) is 8.80. The van der Waals surface area contributed by atoms with E-state index < -0.39 is 0 Å². The standard InChI is InChI=1S/C17H34N2/c1-3-12-19-13-10-17(11-14-19)18-16-7-5-6-15(4-2)8-9-16/h15-18H,3-14H2,1-2H3. The van der Waals surface area contributed by atoms with Gasteiger partial charge in [0.1, 0.15) is 0 Å². The van der Waals surface area contributed by atoms with E-state index in [0.717, 1.165) is 18.0 Å². The molecule has 0 radical (unpaired) electrons. The van der Waals surface area contributed by atoms with Crippen molar-refractivity contribution in [3.63, 3.8) is 0 Å². The van der Waals surface area contributed by atoms with Crippen molar-refractivity contribution in [1.29, 1.82) is 0 Å². The maximum Gasteiger partial charge on any atom is 0.00940 e. The van der Waals surface area contributed by atoms with Crippen molar-refractivity contribution in [3.05, 3.63) is 0 Å². The molecule has 0 aromatic heterocycles. The molecule has 0 spiro atoms. The summed E-state index contributed by atoms with van der Waals surface area (Å²) in [6.07, 6.45) is 12.7. The molecule has 1 saturated heterocycles. The molecular formula is C17H34N2. The Balaban J connectivity index is 1.67. The van der Waals surface area contributed by atoms with E-state index in [1.807, 2.05) is 0 Å². The van der Waals surface area contributed by atoms with E-state index in [0.29, 0.717) is 0 Å². The third-order valence-corrected chi connectivity index (χ3v) is 5.26. The lowest BCUT2D eigenvalue weighted by Crippen LogP contribution is -2.46. The zero-order chi connectivity index (χ0) is 13.5. The summed E-state index contributed by atoms with van der Waals surface area (Å²) in [4.78, 5) is 2.64. The van der Waals surface area contributed by atoms with Crippen molar-refractivity contribution in [2.45, 2.75) is 83.7 Å². The van der Waals surface area contributed by atoms with Gasteiger partial charge in [-0.3, -0.25) is 0 Å². The zero-order valence-electron chi connectivity index (χ0n) is 13.2. The van der Waals surface area contributed by atoms with Crippen molar-refractivity contribution >= 4 is 0 Å². The van der Waals surface area contributed by atoms with Crippen LogP contribution in [-0.4, -0.2) is 36.6 Å². The lowest BCUT2D eigenvalue weighted by atomic mass is 9.97. The Morgan fingerprint density at radius 2 is 1.63 bits per heavy atom. The van der Waals surface area contributed by atoms with Crippen molar-refractivity contribution in [2.75, 3.05) is 19.6 Å². The highest BCUT2D eigenvalue weighted by Crippen LogP contribution is 2.26. The molecule has 0 amide bonds. The smallest absolute Gasteiger partial charge is 0.00940 e. The SMILES string of the molecule is CCCN1CCC(NC2CCCC(CC)CC2)CC1. The number of likely N-dealkylation sites (tertiary alicyclic amines) is 1. The minimum Gasteiger partial charge on any atom is -0.311 e. The number of piperidine rings is 1. The second-order valence-corrected chi connectivity index (χ2v) is 6.76. The predicted octanol–water partition coefficient (Wildman–Crippen LogP) is 3.81. The number of hydrogen-bond donors (Lipinski definition) is 1. The summed E-state index contributed by atoms with van der Waals surface area (Å²) >= 11 is 0. The zero-order valence-corrected chi connectivity index (χ0v) is 13.2. The first-order valence-corrected chi connectivity index (χ1v) is 8.80. The molecule has 1 N–H and O–H groups in total. The molecule has 0 aromatic rings. The Bertz CT molecular complexity index is 233. The molecule has 2 nitrogen and oxygen atoms in total. The summed E-state index contributed by atoms with van der Waals surface area (Å²) in [5.74, 6) is 1.01. The Kier molecular flexibility index (Phi) is 6.66. The van der Waals surface area contributed by atoms with Crippen molar-refractivity contribution in [3.8, 4) is 0 Å². The fourth-order valence-electron chi connectivity index (χ4n) is 3.93. The molecule has 2 heteroatoms. The van der Waals surface area contributed by atoms with Gasteiger partial charge in [0.2, 0.25) is 0 Å². The summed E-state index contributed by atoms with van der Waals surface area (Å²) in [6, 6.07) is 1.62. The fourth-order valence-corrected chi connectivity index (χ4v) is 3.93. The monoisotopic (exact) mass is 266 g/mol. The van der Waals surface area contributed by atoms with Gasteiger partial charge in [-0.25, -0.2) is 0 Å². The van der Waals surface area contributed by atoms with Gasteiger partial charge in [0.05, 0.1) is 0 Å². The number of nitrogens with zero attached hydrogens (tertiary/aromatic N) is 1. The number of hydrogen-bond acceptors (Lipinski definition) is 2. The highest BCUT2D eigenvalue weighted by atomic mass is 15.1. The van der Waals surface area contributed by atoms with Crippen LogP contribution in [0.5, 0.6) is 0 Å². The summed E-state index contributed by atoms with van der Waals surface area (Å²) in [5, 5.41) is 3.98. The van der Waals surface area contributed by atoms with Crippen LogP contribution >= 0.6 is 0 Å². The minimum atomic E-state index is 0.802. The summed E-state index contributed by atoms with van der Waals surface area (Å²) in [7, 11) is 0. The van der Waals surface area contributed by atoms with E-state index in [2.05, 4.69) is 24.1 Å². The molecule has 1 heterocycles. The van der Waals surface area contributed by atoms with Crippen LogP contribution in [0.3, 0.4) is 0 Å². The molecule has 2 rings (SSSR count). The van der Waals surface area contributed by atoms with Crippen molar-refractivity contribution < 1.29 is 0 Å². The van der Waals surface area contributed by atoms with Gasteiger partial charge >= 0.3 is 0 Å². The minimum absolute atomic E-state index is 0.802. The van der Waals surface area contributed by atoms with Gasteiger partial charge in [-0.15, -0.1) is 0 Å². The Labute approximate surface area is 120 Å². The average molecular weight is 266 g/mol. The highest BCUT2D eigenvalue weighted by molar-refractivity contribution is 4.82. The first-order chi connectivity index (χ1) is 9.31. The molecule has 2 unspecified atom stereocenters. The lowest BCUT2D eigenvalue weighted by Gasteiger charge is -2.34. The van der Waals surface area contributed by atoms with Gasteiger partial charge in [0.25, 0.3) is 0 Å². The molecule has 2 fully saturated rings. The van der Waals surface area contributed by atoms with Gasteiger partial charge in [-0.1, -0.05) is 33.1 Å². The van der Waals surface area contributed by atoms with Crippen LogP contribution in [0.25, 0.3) is 0 Å². The summed E-state index contributed by atoms with van der Waals surface area (Å²) in [5.41, 5.74) is 0. The Morgan fingerprint density at radius 1 is 0.895 bits per heavy atom. The lowest BCUT2D eigenvalue weighted by molar-refractivity contribution is 0.188. The van der Waals surface area contributed by atoms with Crippen LogP contribution in [0.2, 0.25) is 0 Å². The van der Waals surface area contributed by atoms with Crippen LogP contribution < -0.4 is 5.32 Å². The van der Waals surface area contributed by atoms with Gasteiger partial charge in [0, 0.05) is 12.1 Å². The molecule has 0 bridgehead atoms. The molecule has 1 aliphatic carbocycles. The fraction of sp³-hybridized carbons (Fsp3) is 1.00. The van der Waals surface area contributed by atoms with Crippen LogP contribution in [-0.2, 0) is 0 Å². The van der Waals surface area contributed by atoms with E-state index in [9.17, 15) is 0 Å². The molecule has 2 aliphatic rings. The third-order valence-electron chi connectivity index (χ3n) is 5.26. The van der Waals surface area contributed by atoms with E-state index in [1.165, 1.54) is 77.4 Å². The molecule has 1 aliphatic heterocycles. The maximum atomic E-state index is 3.98. The van der Waals surface area contributed by atoms with Crippen LogP contribution in [0.4, 0.5) is 0 Å². The van der Waals surface area contributed by atoms with Crippen LogP contribution in [0.15, 0.2) is 0 Å². The predicted molar refractivity (Wildman–Crippen MR) is 83.5 cm³/mol. The second-order valence-electron chi connectivity index (χ2n) is 6.76. The quantitative estimate of drug-likeness (QED) is 0.761. The maximum absolute atomic E-state index is 3.98. The van der Waals surface area contributed by atoms with Crippen LogP contribution in [0, 0.1) is 5.92 Å². The normalized spacial score (nSPS) is 31.3. The average Bonchev–Trinajstić information content (AvgIpc) is 2.66. The third kappa shape index (κ3) is 5.07. The number of rotatable bonds is 5. The molecular weight excluding hydrogens is 232 g/mol. The molecule has 19 heavy (non-hydrogen) atoms.